The maximum Gasteiger partial charge on any atom is 0.105 e. The number of nitrogens with one attached hydrogen (secondary N) is 2. The van der Waals surface area contributed by atoms with E-state index in [2.05, 4.69) is 23.1 Å². The van der Waals surface area contributed by atoms with Crippen LogP contribution in [0.3, 0.4) is 0 Å². The summed E-state index contributed by atoms with van der Waals surface area (Å²) >= 11 is 4.61. The van der Waals surface area contributed by atoms with Crippen molar-refractivity contribution in [1.82, 2.24) is 10.9 Å². The summed E-state index contributed by atoms with van der Waals surface area (Å²) in [5.41, 5.74) is 5.46. The Balaban J connectivity index is 2.32. The molecule has 28 valence electrons. The molecule has 0 unspecified atom stereocenters. The van der Waals surface area contributed by atoms with Crippen LogP contribution in [0.2, 0.25) is 0 Å². The zero-order valence-electron chi connectivity index (χ0n) is 2.62. The molecule has 0 amide bonds. The molecule has 0 aromatic heterocycles. The molecule has 0 spiro atoms. The van der Waals surface area contributed by atoms with Crippen molar-refractivity contribution in [2.75, 3.05) is 6.54 Å². The normalized spacial score (nSPS) is 20.4. The molecule has 5 heavy (non-hydrogen) atoms. The number of hydrazine groups is 1. The Labute approximate surface area is 35.5 Å². The first-order valence-electron chi connectivity index (χ1n) is 1.41. The maximum absolute atomic E-state index is 4.61. The van der Waals surface area contributed by atoms with Crippen LogP contribution in [-0.2, 0) is 0 Å². The van der Waals surface area contributed by atoms with Gasteiger partial charge in [0.2, 0.25) is 0 Å². The predicted molar refractivity (Wildman–Crippen MR) is 23.7 cm³/mol. The van der Waals surface area contributed by atoms with E-state index < -0.39 is 0 Å². The lowest BCUT2D eigenvalue weighted by Crippen LogP contribution is -2.53. The molecule has 0 bridgehead atoms. The third kappa shape index (κ3) is 0.385. The molecule has 0 atom stereocenters. The predicted octanol–water partition coefficient (Wildman–Crippen LogP) is -0.578. The maximum atomic E-state index is 4.61. The van der Waals surface area contributed by atoms with Crippen molar-refractivity contribution in [2.24, 2.45) is 0 Å². The Bertz CT molecular complexity index is 54.7. The van der Waals surface area contributed by atoms with Crippen molar-refractivity contribution >= 4 is 17.2 Å². The van der Waals surface area contributed by atoms with Crippen LogP contribution in [0.15, 0.2) is 0 Å². The van der Waals surface area contributed by atoms with Gasteiger partial charge in [0.1, 0.15) is 4.99 Å². The Kier molecular flexibility index (Phi) is 0.559. The fourth-order valence-electron chi connectivity index (χ4n) is 0.161. The standard InChI is InChI=1S/C2H4N2S/c5-2-1-3-4-2/h3H,1H2,(H,4,5). The molecule has 1 rings (SSSR count). The molecule has 0 radical (unpaired) electrons. The first kappa shape index (κ1) is 3.06. The molecule has 1 heterocycles. The Hall–Kier alpha value is -0.150. The van der Waals surface area contributed by atoms with Crippen LogP contribution >= 0.6 is 12.2 Å². The highest BCUT2D eigenvalue weighted by atomic mass is 32.1. The Morgan fingerprint density at radius 3 is 2.20 bits per heavy atom. The number of hydrogen-bond acceptors (Lipinski definition) is 2. The lowest BCUT2D eigenvalue weighted by molar-refractivity contribution is 0.644. The van der Waals surface area contributed by atoms with Gasteiger partial charge in [0.25, 0.3) is 0 Å². The van der Waals surface area contributed by atoms with E-state index in [9.17, 15) is 0 Å². The second kappa shape index (κ2) is 0.914. The van der Waals surface area contributed by atoms with Gasteiger partial charge < -0.3 is 5.43 Å². The van der Waals surface area contributed by atoms with Crippen LogP contribution in [0, 0.1) is 0 Å². The van der Waals surface area contributed by atoms with Gasteiger partial charge in [-0.05, 0) is 0 Å². The minimum Gasteiger partial charge on any atom is -0.314 e. The Morgan fingerprint density at radius 1 is 1.80 bits per heavy atom. The molecule has 1 fully saturated rings. The van der Waals surface area contributed by atoms with Gasteiger partial charge in [0, 0.05) is 0 Å². The second-order valence-corrected chi connectivity index (χ2v) is 1.39. The molecular weight excluding hydrogens is 84.1 g/mol. The first-order valence-corrected chi connectivity index (χ1v) is 1.82. The summed E-state index contributed by atoms with van der Waals surface area (Å²) in [6.07, 6.45) is 0. The fraction of sp³-hybridized carbons (Fsp3) is 0.500. The van der Waals surface area contributed by atoms with Gasteiger partial charge >= 0.3 is 0 Å². The van der Waals surface area contributed by atoms with Crippen LogP contribution in [0.25, 0.3) is 0 Å². The lowest BCUT2D eigenvalue weighted by Gasteiger charge is -2.16. The lowest BCUT2D eigenvalue weighted by atomic mass is 10.6. The monoisotopic (exact) mass is 88.0 g/mol. The van der Waals surface area contributed by atoms with Gasteiger partial charge in [-0.25, -0.2) is 5.43 Å². The van der Waals surface area contributed by atoms with E-state index in [0.29, 0.717) is 0 Å². The summed E-state index contributed by atoms with van der Waals surface area (Å²) in [7, 11) is 0. The smallest absolute Gasteiger partial charge is 0.105 e. The van der Waals surface area contributed by atoms with E-state index in [1.165, 1.54) is 0 Å². The first-order chi connectivity index (χ1) is 2.39. The van der Waals surface area contributed by atoms with Crippen molar-refractivity contribution in [1.29, 1.82) is 0 Å². The van der Waals surface area contributed by atoms with Crippen LogP contribution in [0.1, 0.15) is 0 Å². The molecule has 0 aliphatic carbocycles. The van der Waals surface area contributed by atoms with Crippen molar-refractivity contribution in [2.45, 2.75) is 0 Å². The van der Waals surface area contributed by atoms with Gasteiger partial charge in [-0.1, -0.05) is 12.2 Å². The fourth-order valence-corrected chi connectivity index (χ4v) is 0.305. The summed E-state index contributed by atoms with van der Waals surface area (Å²) < 4.78 is 0. The summed E-state index contributed by atoms with van der Waals surface area (Å²) in [5, 5.41) is 0. The van der Waals surface area contributed by atoms with E-state index in [-0.39, 0.29) is 0 Å². The zero-order valence-corrected chi connectivity index (χ0v) is 3.43. The molecular formula is C2H4N2S. The van der Waals surface area contributed by atoms with Gasteiger partial charge in [-0.3, -0.25) is 0 Å². The van der Waals surface area contributed by atoms with E-state index in [1.807, 2.05) is 0 Å². The van der Waals surface area contributed by atoms with Crippen LogP contribution in [-0.4, -0.2) is 11.5 Å². The SMILES string of the molecule is S=C1CNN1. The number of thiocarbonyl (C=S) groups is 1. The van der Waals surface area contributed by atoms with Crippen LogP contribution < -0.4 is 10.9 Å². The van der Waals surface area contributed by atoms with Crippen LogP contribution in [0.5, 0.6) is 0 Å². The highest BCUT2D eigenvalue weighted by Crippen LogP contribution is 1.71. The third-order valence-electron chi connectivity index (χ3n) is 0.477. The minimum atomic E-state index is 0.856. The molecule has 1 aliphatic heterocycles. The van der Waals surface area contributed by atoms with Crippen molar-refractivity contribution in [3.63, 3.8) is 0 Å². The van der Waals surface area contributed by atoms with Crippen molar-refractivity contribution in [3.8, 4) is 0 Å². The van der Waals surface area contributed by atoms with Crippen molar-refractivity contribution < 1.29 is 0 Å². The van der Waals surface area contributed by atoms with Crippen molar-refractivity contribution in [3.05, 3.63) is 0 Å². The quantitative estimate of drug-likeness (QED) is 0.387. The highest BCUT2D eigenvalue weighted by Gasteiger charge is 2.00. The largest absolute Gasteiger partial charge is 0.314 e. The van der Waals surface area contributed by atoms with E-state index in [4.69, 9.17) is 0 Å². The number of hydrogen-bond donors (Lipinski definition) is 2. The van der Waals surface area contributed by atoms with E-state index in [1.54, 1.807) is 0 Å². The molecule has 3 heteroatoms. The average molecular weight is 88.1 g/mol. The van der Waals surface area contributed by atoms with Gasteiger partial charge in [-0.15, -0.1) is 0 Å². The molecule has 2 N–H and O–H groups in total. The summed E-state index contributed by atoms with van der Waals surface area (Å²) in [6.45, 7) is 0.856. The van der Waals surface area contributed by atoms with Gasteiger partial charge in [-0.2, -0.15) is 0 Å². The average Bonchev–Trinajstić information content (AvgIpc) is 1.30. The highest BCUT2D eigenvalue weighted by molar-refractivity contribution is 7.80. The molecule has 2 nitrogen and oxygen atoms in total. The minimum absolute atomic E-state index is 0.856. The topological polar surface area (TPSA) is 24.1 Å². The molecule has 0 saturated carbocycles. The molecule has 0 aromatic rings. The van der Waals surface area contributed by atoms with E-state index in [0.717, 1.165) is 11.5 Å². The van der Waals surface area contributed by atoms with Crippen LogP contribution in [0.4, 0.5) is 0 Å². The number of rotatable bonds is 0. The van der Waals surface area contributed by atoms with Gasteiger partial charge in [0.05, 0.1) is 6.54 Å². The van der Waals surface area contributed by atoms with E-state index >= 15 is 0 Å². The molecule has 0 aromatic carbocycles. The molecule has 1 saturated heterocycles. The zero-order chi connectivity index (χ0) is 3.70. The second-order valence-electron chi connectivity index (χ2n) is 0.902. The Morgan fingerprint density at radius 2 is 2.20 bits per heavy atom. The molecule has 1 aliphatic rings. The summed E-state index contributed by atoms with van der Waals surface area (Å²) in [6, 6.07) is 0. The van der Waals surface area contributed by atoms with Gasteiger partial charge in [0.15, 0.2) is 0 Å². The third-order valence-corrected chi connectivity index (χ3v) is 0.723. The summed E-state index contributed by atoms with van der Waals surface area (Å²) in [4.78, 5) is 0.907. The summed E-state index contributed by atoms with van der Waals surface area (Å²) in [5.74, 6) is 0.